The van der Waals surface area contributed by atoms with E-state index in [0.29, 0.717) is 28.1 Å². The molecular formula is C26H37N3O3S. The van der Waals surface area contributed by atoms with Crippen molar-refractivity contribution in [2.75, 3.05) is 30.8 Å². The smallest absolute Gasteiger partial charge is 0.258 e. The van der Waals surface area contributed by atoms with Crippen LogP contribution in [-0.4, -0.2) is 32.0 Å². The summed E-state index contributed by atoms with van der Waals surface area (Å²) in [7, 11) is 1.61. The summed E-state index contributed by atoms with van der Waals surface area (Å²) >= 11 is 1.55. The molecule has 2 aromatic rings. The molecule has 1 aliphatic carbocycles. The lowest BCUT2D eigenvalue weighted by Crippen LogP contribution is -2.31. The minimum Gasteiger partial charge on any atom is -0.497 e. The molecule has 33 heavy (non-hydrogen) atoms. The highest BCUT2D eigenvalue weighted by Gasteiger charge is 2.34. The number of rotatable bonds is 8. The number of ether oxygens (including phenoxy) is 1. The monoisotopic (exact) mass is 471 g/mol. The van der Waals surface area contributed by atoms with E-state index in [1.165, 1.54) is 4.88 Å². The van der Waals surface area contributed by atoms with Crippen LogP contribution in [0.5, 0.6) is 5.75 Å². The van der Waals surface area contributed by atoms with Crippen molar-refractivity contribution < 1.29 is 14.3 Å². The van der Waals surface area contributed by atoms with Crippen LogP contribution in [-0.2, 0) is 17.6 Å². The molecule has 1 aliphatic rings. The Hall–Kier alpha value is -2.38. The van der Waals surface area contributed by atoms with Crippen LogP contribution in [0.15, 0.2) is 24.3 Å². The second kappa shape index (κ2) is 10.7. The summed E-state index contributed by atoms with van der Waals surface area (Å²) in [6.45, 7) is 12.0. The maximum atomic E-state index is 13.4. The number of carbonyl (C=O) groups is 2. The number of methoxy groups -OCH3 is 1. The quantitative estimate of drug-likeness (QED) is 0.485. The Kier molecular flexibility index (Phi) is 8.19. The van der Waals surface area contributed by atoms with E-state index in [2.05, 4.69) is 50.6 Å². The number of anilines is 2. The van der Waals surface area contributed by atoms with Gasteiger partial charge in [0, 0.05) is 10.6 Å². The SMILES string of the molecule is COc1ccc(NC(=O)c2c(NC(=O)CNCC(C)C)sc3c2CC[C@H](C(C)(C)C)C3)cc1. The third-order valence-corrected chi connectivity index (χ3v) is 7.33. The number of hydrogen-bond donors (Lipinski definition) is 3. The molecule has 2 amide bonds. The van der Waals surface area contributed by atoms with Gasteiger partial charge >= 0.3 is 0 Å². The van der Waals surface area contributed by atoms with E-state index in [9.17, 15) is 9.59 Å². The van der Waals surface area contributed by atoms with Crippen molar-refractivity contribution in [2.45, 2.75) is 53.9 Å². The second-order valence-electron chi connectivity index (χ2n) is 10.3. The number of amides is 2. The third kappa shape index (κ3) is 6.58. The maximum absolute atomic E-state index is 13.4. The summed E-state index contributed by atoms with van der Waals surface area (Å²) in [6.07, 6.45) is 2.83. The Morgan fingerprint density at radius 1 is 1.15 bits per heavy atom. The molecule has 1 aromatic carbocycles. The van der Waals surface area contributed by atoms with Crippen molar-refractivity contribution in [3.05, 3.63) is 40.3 Å². The number of benzene rings is 1. The molecular weight excluding hydrogens is 434 g/mol. The average Bonchev–Trinajstić information content (AvgIpc) is 3.10. The van der Waals surface area contributed by atoms with Crippen LogP contribution >= 0.6 is 11.3 Å². The van der Waals surface area contributed by atoms with Crippen molar-refractivity contribution in [3.8, 4) is 5.75 Å². The molecule has 0 fully saturated rings. The predicted molar refractivity (Wildman–Crippen MR) is 137 cm³/mol. The second-order valence-corrected chi connectivity index (χ2v) is 11.4. The van der Waals surface area contributed by atoms with Crippen LogP contribution < -0.4 is 20.7 Å². The fraction of sp³-hybridized carbons (Fsp3) is 0.538. The van der Waals surface area contributed by atoms with Crippen molar-refractivity contribution >= 4 is 33.8 Å². The number of carbonyl (C=O) groups excluding carboxylic acids is 2. The highest BCUT2D eigenvalue weighted by Crippen LogP contribution is 2.44. The van der Waals surface area contributed by atoms with Crippen molar-refractivity contribution in [1.82, 2.24) is 5.32 Å². The largest absolute Gasteiger partial charge is 0.497 e. The Labute approximate surface area is 201 Å². The van der Waals surface area contributed by atoms with Crippen LogP contribution in [0.4, 0.5) is 10.7 Å². The summed E-state index contributed by atoms with van der Waals surface area (Å²) in [6, 6.07) is 7.27. The summed E-state index contributed by atoms with van der Waals surface area (Å²) in [5.41, 5.74) is 2.59. The zero-order valence-corrected chi connectivity index (χ0v) is 21.4. The lowest BCUT2D eigenvalue weighted by molar-refractivity contribution is -0.115. The normalized spacial score (nSPS) is 15.8. The molecule has 6 nitrogen and oxygen atoms in total. The van der Waals surface area contributed by atoms with Gasteiger partial charge in [-0.2, -0.15) is 0 Å². The molecule has 0 saturated carbocycles. The molecule has 1 heterocycles. The van der Waals surface area contributed by atoms with Gasteiger partial charge in [-0.1, -0.05) is 34.6 Å². The molecule has 0 aliphatic heterocycles. The highest BCUT2D eigenvalue weighted by atomic mass is 32.1. The molecule has 0 saturated heterocycles. The molecule has 3 N–H and O–H groups in total. The van der Waals surface area contributed by atoms with Gasteiger partial charge in [0.1, 0.15) is 10.8 Å². The lowest BCUT2D eigenvalue weighted by atomic mass is 9.72. The highest BCUT2D eigenvalue weighted by molar-refractivity contribution is 7.17. The van der Waals surface area contributed by atoms with Gasteiger partial charge in [0.2, 0.25) is 5.91 Å². The first kappa shape index (κ1) is 25.2. The third-order valence-electron chi connectivity index (χ3n) is 6.16. The summed E-state index contributed by atoms with van der Waals surface area (Å²) in [5.74, 6) is 1.44. The van der Waals surface area contributed by atoms with Gasteiger partial charge in [0.15, 0.2) is 0 Å². The molecule has 0 bridgehead atoms. The van der Waals surface area contributed by atoms with Gasteiger partial charge in [-0.25, -0.2) is 0 Å². The topological polar surface area (TPSA) is 79.5 Å². The Morgan fingerprint density at radius 3 is 2.45 bits per heavy atom. The van der Waals surface area contributed by atoms with Gasteiger partial charge in [-0.05, 0) is 72.9 Å². The first-order chi connectivity index (χ1) is 15.6. The van der Waals surface area contributed by atoms with Gasteiger partial charge in [0.25, 0.3) is 5.91 Å². The van der Waals surface area contributed by atoms with E-state index < -0.39 is 0 Å². The molecule has 1 aromatic heterocycles. The molecule has 0 unspecified atom stereocenters. The molecule has 180 valence electrons. The zero-order valence-electron chi connectivity index (χ0n) is 20.6. The Balaban J connectivity index is 1.85. The van der Waals surface area contributed by atoms with E-state index in [0.717, 1.165) is 37.1 Å². The molecule has 0 radical (unpaired) electrons. The molecule has 1 atom stereocenters. The van der Waals surface area contributed by atoms with Crippen LogP contribution in [0.3, 0.4) is 0 Å². The van der Waals surface area contributed by atoms with E-state index in [4.69, 9.17) is 4.74 Å². The fourth-order valence-electron chi connectivity index (χ4n) is 4.17. The van der Waals surface area contributed by atoms with Crippen LogP contribution in [0, 0.1) is 17.3 Å². The Morgan fingerprint density at radius 2 is 1.85 bits per heavy atom. The Bertz CT molecular complexity index is 974. The van der Waals surface area contributed by atoms with Crippen LogP contribution in [0.1, 0.15) is 61.8 Å². The average molecular weight is 472 g/mol. The van der Waals surface area contributed by atoms with Gasteiger partial charge in [0.05, 0.1) is 19.2 Å². The number of fused-ring (bicyclic) bond motifs is 1. The molecule has 7 heteroatoms. The van der Waals surface area contributed by atoms with Gasteiger partial charge in [-0.3, -0.25) is 9.59 Å². The van der Waals surface area contributed by atoms with Crippen molar-refractivity contribution in [3.63, 3.8) is 0 Å². The summed E-state index contributed by atoms with van der Waals surface area (Å²) < 4.78 is 5.20. The lowest BCUT2D eigenvalue weighted by Gasteiger charge is -2.33. The van der Waals surface area contributed by atoms with Crippen LogP contribution in [0.25, 0.3) is 0 Å². The fourth-order valence-corrected chi connectivity index (χ4v) is 5.51. The molecule has 3 rings (SSSR count). The van der Waals surface area contributed by atoms with Crippen molar-refractivity contribution in [1.29, 1.82) is 0 Å². The van der Waals surface area contributed by atoms with Crippen molar-refractivity contribution in [2.24, 2.45) is 17.3 Å². The minimum atomic E-state index is -0.183. The standard InChI is InChI=1S/C26H37N3O3S/c1-16(2)14-27-15-22(30)29-25-23(24(31)28-18-8-10-19(32-6)11-9-18)20-12-7-17(26(3,4)5)13-21(20)33-25/h8-11,16-17,27H,7,12-15H2,1-6H3,(H,28,31)(H,29,30)/t17-/m0/s1. The number of thiophene rings is 1. The first-order valence-electron chi connectivity index (χ1n) is 11.7. The van der Waals surface area contributed by atoms with E-state index in [1.54, 1.807) is 18.4 Å². The number of nitrogens with one attached hydrogen (secondary N) is 3. The summed E-state index contributed by atoms with van der Waals surface area (Å²) in [5, 5.41) is 9.84. The molecule has 0 spiro atoms. The van der Waals surface area contributed by atoms with Gasteiger partial charge < -0.3 is 20.7 Å². The van der Waals surface area contributed by atoms with E-state index >= 15 is 0 Å². The zero-order chi connectivity index (χ0) is 24.2. The first-order valence-corrected chi connectivity index (χ1v) is 12.5. The minimum absolute atomic E-state index is 0.125. The van der Waals surface area contributed by atoms with Gasteiger partial charge in [-0.15, -0.1) is 11.3 Å². The van der Waals surface area contributed by atoms with E-state index in [-0.39, 0.29) is 23.8 Å². The maximum Gasteiger partial charge on any atom is 0.258 e. The van der Waals surface area contributed by atoms with E-state index in [1.807, 2.05) is 24.3 Å². The number of hydrogen-bond acceptors (Lipinski definition) is 5. The summed E-state index contributed by atoms with van der Waals surface area (Å²) in [4.78, 5) is 27.2. The van der Waals surface area contributed by atoms with Crippen LogP contribution in [0.2, 0.25) is 0 Å². The predicted octanol–water partition coefficient (Wildman–Crippen LogP) is 5.34.